The number of esters is 2. The van der Waals surface area contributed by atoms with Gasteiger partial charge in [0.1, 0.15) is 11.2 Å². The zero-order chi connectivity index (χ0) is 17.3. The summed E-state index contributed by atoms with van der Waals surface area (Å²) in [4.78, 5) is 27.7. The van der Waals surface area contributed by atoms with Crippen molar-refractivity contribution in [2.24, 2.45) is 0 Å². The Kier molecular flexibility index (Phi) is 4.98. The molecule has 1 rings (SSSR count). The summed E-state index contributed by atoms with van der Waals surface area (Å²) in [5, 5.41) is 0. The Bertz CT molecular complexity index is 690. The Morgan fingerprint density at radius 2 is 1.77 bits per heavy atom. The van der Waals surface area contributed by atoms with Gasteiger partial charge in [-0.05, 0) is 13.8 Å². The van der Waals surface area contributed by atoms with Gasteiger partial charge in [0.25, 0.3) is 0 Å². The summed E-state index contributed by atoms with van der Waals surface area (Å²) in [5.41, 5.74) is -1.69. The molecule has 0 bridgehead atoms. The van der Waals surface area contributed by atoms with Gasteiger partial charge in [0.05, 0.1) is 20.4 Å². The first-order valence-electron chi connectivity index (χ1n) is 6.19. The first-order valence-corrected chi connectivity index (χ1v) is 7.59. The van der Waals surface area contributed by atoms with Gasteiger partial charge in [-0.1, -0.05) is 0 Å². The van der Waals surface area contributed by atoms with E-state index in [0.29, 0.717) is 3.97 Å². The summed E-state index contributed by atoms with van der Waals surface area (Å²) in [6.45, 7) is 2.90. The third kappa shape index (κ3) is 2.83. The van der Waals surface area contributed by atoms with E-state index in [0.717, 1.165) is 17.6 Å². The SMILES string of the molecule is COC(=O)c1cnc(C(C)(C)C(=O)OC)n1S(=O)(=O)N(C)C. The normalized spacial score (nSPS) is 12.3. The maximum atomic E-state index is 12.5. The standard InChI is InChI=1S/C12H19N3O6S/c1-12(2,11(17)21-6)10-13-7-8(9(16)20-5)15(10)22(18,19)14(3)4/h7H,1-6H3. The van der Waals surface area contributed by atoms with Crippen LogP contribution in [-0.2, 0) is 29.9 Å². The third-order valence-electron chi connectivity index (χ3n) is 3.06. The van der Waals surface area contributed by atoms with Crippen molar-refractivity contribution < 1.29 is 27.5 Å². The zero-order valence-corrected chi connectivity index (χ0v) is 14.1. The highest BCUT2D eigenvalue weighted by molar-refractivity contribution is 7.87. The van der Waals surface area contributed by atoms with E-state index in [9.17, 15) is 18.0 Å². The molecule has 0 amide bonds. The zero-order valence-electron chi connectivity index (χ0n) is 13.3. The van der Waals surface area contributed by atoms with E-state index in [4.69, 9.17) is 0 Å². The Labute approximate surface area is 129 Å². The molecule has 0 atom stereocenters. The van der Waals surface area contributed by atoms with Crippen molar-refractivity contribution in [1.29, 1.82) is 0 Å². The van der Waals surface area contributed by atoms with Gasteiger partial charge in [0, 0.05) is 14.1 Å². The topological polar surface area (TPSA) is 108 Å². The summed E-state index contributed by atoms with van der Waals surface area (Å²) < 4.78 is 35.8. The summed E-state index contributed by atoms with van der Waals surface area (Å²) in [5.74, 6) is -1.72. The molecule has 0 radical (unpaired) electrons. The molecule has 9 nitrogen and oxygen atoms in total. The van der Waals surface area contributed by atoms with Crippen LogP contribution in [0.4, 0.5) is 0 Å². The highest BCUT2D eigenvalue weighted by atomic mass is 32.2. The van der Waals surface area contributed by atoms with Gasteiger partial charge in [-0.2, -0.15) is 12.7 Å². The molecule has 0 N–H and O–H groups in total. The molecule has 10 heteroatoms. The minimum atomic E-state index is -4.10. The Hall–Kier alpha value is -1.94. The second-order valence-corrected chi connectivity index (χ2v) is 7.12. The minimum absolute atomic E-state index is 0.145. The number of aromatic nitrogens is 2. The summed E-state index contributed by atoms with van der Waals surface area (Å²) in [6, 6.07) is 0. The number of carbonyl (C=O) groups is 2. The van der Waals surface area contributed by atoms with Crippen molar-refractivity contribution in [3.8, 4) is 0 Å². The molecule has 0 saturated carbocycles. The van der Waals surface area contributed by atoms with Gasteiger partial charge in [0.15, 0.2) is 5.69 Å². The van der Waals surface area contributed by atoms with E-state index in [1.807, 2.05) is 0 Å². The molecule has 0 unspecified atom stereocenters. The first kappa shape index (κ1) is 18.1. The van der Waals surface area contributed by atoms with Gasteiger partial charge in [-0.25, -0.2) is 13.8 Å². The number of nitrogens with zero attached hydrogens (tertiary/aromatic N) is 3. The average molecular weight is 333 g/mol. The van der Waals surface area contributed by atoms with E-state index in [2.05, 4.69) is 14.5 Å². The predicted molar refractivity (Wildman–Crippen MR) is 76.6 cm³/mol. The minimum Gasteiger partial charge on any atom is -0.468 e. The largest absolute Gasteiger partial charge is 0.468 e. The van der Waals surface area contributed by atoms with Gasteiger partial charge in [-0.15, -0.1) is 0 Å². The molecule has 0 aliphatic carbocycles. The summed E-state index contributed by atoms with van der Waals surface area (Å²) in [6.07, 6.45) is 1.05. The number of ether oxygens (including phenoxy) is 2. The summed E-state index contributed by atoms with van der Waals surface area (Å²) >= 11 is 0. The Morgan fingerprint density at radius 1 is 1.23 bits per heavy atom. The predicted octanol–water partition coefficient (Wildman–Crippen LogP) is -0.225. The van der Waals surface area contributed by atoms with Gasteiger partial charge >= 0.3 is 22.1 Å². The third-order valence-corrected chi connectivity index (χ3v) is 4.82. The van der Waals surface area contributed by atoms with E-state index in [1.165, 1.54) is 35.1 Å². The molecule has 0 saturated heterocycles. The van der Waals surface area contributed by atoms with E-state index in [-0.39, 0.29) is 11.5 Å². The van der Waals surface area contributed by atoms with Crippen LogP contribution in [0.3, 0.4) is 0 Å². The number of methoxy groups -OCH3 is 2. The second-order valence-electron chi connectivity index (χ2n) is 5.13. The lowest BCUT2D eigenvalue weighted by atomic mass is 9.93. The Morgan fingerprint density at radius 3 is 2.18 bits per heavy atom. The highest BCUT2D eigenvalue weighted by Crippen LogP contribution is 2.27. The number of rotatable bonds is 5. The fraction of sp³-hybridized carbons (Fsp3) is 0.583. The molecular formula is C12H19N3O6S. The van der Waals surface area contributed by atoms with Crippen LogP contribution in [0.1, 0.15) is 30.2 Å². The maximum absolute atomic E-state index is 12.5. The van der Waals surface area contributed by atoms with Gasteiger partial charge < -0.3 is 9.47 Å². The number of hydrogen-bond donors (Lipinski definition) is 0. The highest BCUT2D eigenvalue weighted by Gasteiger charge is 2.41. The number of imidazole rings is 1. The van der Waals surface area contributed by atoms with Crippen molar-refractivity contribution >= 4 is 22.1 Å². The van der Waals surface area contributed by atoms with Crippen molar-refractivity contribution in [2.45, 2.75) is 19.3 Å². The molecule has 22 heavy (non-hydrogen) atoms. The molecule has 0 aromatic carbocycles. The fourth-order valence-corrected chi connectivity index (χ4v) is 2.93. The number of hydrogen-bond acceptors (Lipinski definition) is 7. The molecule has 1 aromatic rings. The molecule has 124 valence electrons. The Balaban J connectivity index is 3.73. The molecule has 0 aliphatic heterocycles. The van der Waals surface area contributed by atoms with Crippen molar-refractivity contribution in [1.82, 2.24) is 13.3 Å². The maximum Gasteiger partial charge on any atom is 0.357 e. The lowest BCUT2D eigenvalue weighted by Crippen LogP contribution is -2.39. The van der Waals surface area contributed by atoms with Crippen molar-refractivity contribution in [3.05, 3.63) is 17.7 Å². The smallest absolute Gasteiger partial charge is 0.357 e. The van der Waals surface area contributed by atoms with Gasteiger partial charge in [0.2, 0.25) is 0 Å². The van der Waals surface area contributed by atoms with Crippen LogP contribution >= 0.6 is 0 Å². The molecule has 0 aliphatic rings. The van der Waals surface area contributed by atoms with E-state index in [1.54, 1.807) is 0 Å². The molecule has 0 spiro atoms. The van der Waals surface area contributed by atoms with Crippen LogP contribution in [0.15, 0.2) is 6.20 Å². The number of carbonyl (C=O) groups excluding carboxylic acids is 2. The van der Waals surface area contributed by atoms with E-state index >= 15 is 0 Å². The monoisotopic (exact) mass is 333 g/mol. The van der Waals surface area contributed by atoms with Crippen LogP contribution < -0.4 is 0 Å². The van der Waals surface area contributed by atoms with Crippen molar-refractivity contribution in [3.63, 3.8) is 0 Å². The first-order chi connectivity index (χ1) is 10.0. The second kappa shape index (κ2) is 6.05. The molecule has 1 aromatic heterocycles. The van der Waals surface area contributed by atoms with E-state index < -0.39 is 27.6 Å². The quantitative estimate of drug-likeness (QED) is 0.685. The van der Waals surface area contributed by atoms with Crippen LogP contribution in [0.5, 0.6) is 0 Å². The van der Waals surface area contributed by atoms with Crippen LogP contribution in [-0.4, -0.2) is 61.9 Å². The molecule has 0 fully saturated rings. The lowest BCUT2D eigenvalue weighted by molar-refractivity contribution is -0.146. The van der Waals surface area contributed by atoms with Crippen molar-refractivity contribution in [2.75, 3.05) is 28.3 Å². The lowest BCUT2D eigenvalue weighted by Gasteiger charge is -2.24. The van der Waals surface area contributed by atoms with Crippen LogP contribution in [0.2, 0.25) is 0 Å². The summed E-state index contributed by atoms with van der Waals surface area (Å²) in [7, 11) is 0.796. The fourth-order valence-electron chi connectivity index (χ4n) is 1.74. The molecule has 1 heterocycles. The molecular weight excluding hydrogens is 314 g/mol. The average Bonchev–Trinajstić information content (AvgIpc) is 2.91. The van der Waals surface area contributed by atoms with Crippen LogP contribution in [0.25, 0.3) is 0 Å². The van der Waals surface area contributed by atoms with Crippen LogP contribution in [0, 0.1) is 0 Å². The van der Waals surface area contributed by atoms with Gasteiger partial charge in [-0.3, -0.25) is 4.79 Å².